The molecule has 1 aromatic heterocycles. The van der Waals surface area contributed by atoms with Crippen molar-refractivity contribution in [3.8, 4) is 0 Å². The first-order valence-corrected chi connectivity index (χ1v) is 7.41. The van der Waals surface area contributed by atoms with Gasteiger partial charge >= 0.3 is 0 Å². The van der Waals surface area contributed by atoms with Gasteiger partial charge in [0.25, 0.3) is 0 Å². The Morgan fingerprint density at radius 2 is 1.95 bits per heavy atom. The standard InChI is InChI=1S/C14H23N3O2/c1-9-2-4-10(5-3-9)13-16-14(19-17-13)11-8-18-7-6-12(11)15/h9-12H,2-8,15H2,1H3. The van der Waals surface area contributed by atoms with Crippen LogP contribution in [0.1, 0.15) is 62.6 Å². The summed E-state index contributed by atoms with van der Waals surface area (Å²) in [7, 11) is 0. The van der Waals surface area contributed by atoms with Gasteiger partial charge in [-0.2, -0.15) is 4.98 Å². The summed E-state index contributed by atoms with van der Waals surface area (Å²) >= 11 is 0. The zero-order valence-corrected chi connectivity index (χ0v) is 11.5. The van der Waals surface area contributed by atoms with Crippen LogP contribution in [0.2, 0.25) is 0 Å². The van der Waals surface area contributed by atoms with Crippen molar-refractivity contribution in [1.29, 1.82) is 0 Å². The van der Waals surface area contributed by atoms with Crippen molar-refractivity contribution < 1.29 is 9.26 Å². The Labute approximate surface area is 113 Å². The fourth-order valence-electron chi connectivity index (χ4n) is 3.09. The van der Waals surface area contributed by atoms with E-state index in [1.54, 1.807) is 0 Å². The second-order valence-corrected chi connectivity index (χ2v) is 6.08. The Hall–Kier alpha value is -0.940. The van der Waals surface area contributed by atoms with E-state index in [-0.39, 0.29) is 12.0 Å². The summed E-state index contributed by atoms with van der Waals surface area (Å²) in [5.41, 5.74) is 6.11. The first kappa shape index (κ1) is 13.1. The van der Waals surface area contributed by atoms with Crippen LogP contribution in [0.15, 0.2) is 4.52 Å². The first-order valence-electron chi connectivity index (χ1n) is 7.41. The van der Waals surface area contributed by atoms with E-state index in [4.69, 9.17) is 15.0 Å². The van der Waals surface area contributed by atoms with E-state index < -0.39 is 0 Å². The molecule has 0 aromatic carbocycles. The Kier molecular flexibility index (Phi) is 3.84. The molecule has 2 heterocycles. The minimum Gasteiger partial charge on any atom is -0.381 e. The lowest BCUT2D eigenvalue weighted by atomic mass is 9.83. The van der Waals surface area contributed by atoms with Crippen LogP contribution in [0.25, 0.3) is 0 Å². The molecule has 1 saturated heterocycles. The highest BCUT2D eigenvalue weighted by atomic mass is 16.5. The van der Waals surface area contributed by atoms with Gasteiger partial charge in [0.15, 0.2) is 5.82 Å². The fraction of sp³-hybridized carbons (Fsp3) is 0.857. The molecule has 0 amide bonds. The average molecular weight is 265 g/mol. The first-order chi connectivity index (χ1) is 9.24. The minimum absolute atomic E-state index is 0.0671. The number of rotatable bonds is 2. The second kappa shape index (κ2) is 5.59. The van der Waals surface area contributed by atoms with Crippen molar-refractivity contribution in [2.75, 3.05) is 13.2 Å². The van der Waals surface area contributed by atoms with Crippen LogP contribution >= 0.6 is 0 Å². The summed E-state index contributed by atoms with van der Waals surface area (Å²) in [4.78, 5) is 4.60. The second-order valence-electron chi connectivity index (χ2n) is 6.08. The summed E-state index contributed by atoms with van der Waals surface area (Å²) in [5, 5.41) is 4.18. The third kappa shape index (κ3) is 2.82. The van der Waals surface area contributed by atoms with Gasteiger partial charge in [0.05, 0.1) is 12.5 Å². The van der Waals surface area contributed by atoms with Crippen LogP contribution in [-0.4, -0.2) is 29.4 Å². The summed E-state index contributed by atoms with van der Waals surface area (Å²) in [6.45, 7) is 3.65. The van der Waals surface area contributed by atoms with Crippen molar-refractivity contribution in [3.05, 3.63) is 11.7 Å². The third-order valence-corrected chi connectivity index (χ3v) is 4.57. The van der Waals surface area contributed by atoms with Gasteiger partial charge in [0, 0.05) is 18.6 Å². The van der Waals surface area contributed by atoms with Crippen molar-refractivity contribution in [3.63, 3.8) is 0 Å². The number of ether oxygens (including phenoxy) is 1. The van der Waals surface area contributed by atoms with Crippen LogP contribution in [0.3, 0.4) is 0 Å². The molecule has 1 aliphatic heterocycles. The molecule has 0 bridgehead atoms. The molecule has 2 aliphatic rings. The van der Waals surface area contributed by atoms with Crippen LogP contribution in [0.4, 0.5) is 0 Å². The zero-order valence-electron chi connectivity index (χ0n) is 11.5. The molecule has 2 N–H and O–H groups in total. The topological polar surface area (TPSA) is 74.2 Å². The molecule has 1 saturated carbocycles. The van der Waals surface area contributed by atoms with E-state index in [0.717, 1.165) is 24.8 Å². The normalized spacial score (nSPS) is 36.3. The lowest BCUT2D eigenvalue weighted by Crippen LogP contribution is -2.37. The minimum atomic E-state index is 0.0671. The monoisotopic (exact) mass is 265 g/mol. The summed E-state index contributed by atoms with van der Waals surface area (Å²) in [5.74, 6) is 2.91. The molecule has 3 rings (SSSR count). The largest absolute Gasteiger partial charge is 0.381 e. The van der Waals surface area contributed by atoms with Gasteiger partial charge < -0.3 is 15.0 Å². The molecule has 2 unspecified atom stereocenters. The van der Waals surface area contributed by atoms with Crippen LogP contribution in [-0.2, 0) is 4.74 Å². The Balaban J connectivity index is 1.68. The molecule has 106 valence electrons. The zero-order chi connectivity index (χ0) is 13.2. The maximum absolute atomic E-state index is 6.11. The highest BCUT2D eigenvalue weighted by molar-refractivity contribution is 5.04. The van der Waals surface area contributed by atoms with Gasteiger partial charge in [-0.15, -0.1) is 0 Å². The van der Waals surface area contributed by atoms with Crippen LogP contribution in [0.5, 0.6) is 0 Å². The van der Waals surface area contributed by atoms with Gasteiger partial charge in [0.2, 0.25) is 5.89 Å². The fourth-order valence-corrected chi connectivity index (χ4v) is 3.09. The highest BCUT2D eigenvalue weighted by Gasteiger charge is 2.31. The SMILES string of the molecule is CC1CCC(c2noc(C3COCCC3N)n2)CC1. The lowest BCUT2D eigenvalue weighted by molar-refractivity contribution is 0.0590. The maximum Gasteiger partial charge on any atom is 0.233 e. The van der Waals surface area contributed by atoms with Crippen molar-refractivity contribution >= 4 is 0 Å². The van der Waals surface area contributed by atoms with E-state index in [0.29, 0.717) is 18.4 Å². The maximum atomic E-state index is 6.11. The van der Waals surface area contributed by atoms with E-state index in [9.17, 15) is 0 Å². The Bertz CT molecular complexity index is 413. The number of hydrogen-bond acceptors (Lipinski definition) is 5. The number of aromatic nitrogens is 2. The lowest BCUT2D eigenvalue weighted by Gasteiger charge is -2.25. The molecule has 0 spiro atoms. The molecule has 0 radical (unpaired) electrons. The molecule has 5 heteroatoms. The van der Waals surface area contributed by atoms with Gasteiger partial charge in [0.1, 0.15) is 0 Å². The van der Waals surface area contributed by atoms with Gasteiger partial charge in [-0.25, -0.2) is 0 Å². The molecular formula is C14H23N3O2. The van der Waals surface area contributed by atoms with E-state index >= 15 is 0 Å². The van der Waals surface area contributed by atoms with Gasteiger partial charge in [-0.05, 0) is 25.2 Å². The predicted octanol–water partition coefficient (Wildman–Crippen LogP) is 2.19. The van der Waals surface area contributed by atoms with Crippen molar-refractivity contribution in [1.82, 2.24) is 10.1 Å². The molecule has 2 atom stereocenters. The molecule has 1 aromatic rings. The van der Waals surface area contributed by atoms with Crippen LogP contribution in [0, 0.1) is 5.92 Å². The summed E-state index contributed by atoms with van der Waals surface area (Å²) in [6, 6.07) is 0.0772. The summed E-state index contributed by atoms with van der Waals surface area (Å²) in [6.07, 6.45) is 5.74. The number of nitrogens with two attached hydrogens (primary N) is 1. The molecule has 5 nitrogen and oxygen atoms in total. The smallest absolute Gasteiger partial charge is 0.233 e. The summed E-state index contributed by atoms with van der Waals surface area (Å²) < 4.78 is 10.9. The number of nitrogens with zero attached hydrogens (tertiary/aromatic N) is 2. The highest BCUT2D eigenvalue weighted by Crippen LogP contribution is 2.35. The number of hydrogen-bond donors (Lipinski definition) is 1. The quantitative estimate of drug-likeness (QED) is 0.887. The third-order valence-electron chi connectivity index (χ3n) is 4.57. The average Bonchev–Trinajstić information content (AvgIpc) is 2.89. The van der Waals surface area contributed by atoms with Crippen LogP contribution < -0.4 is 5.73 Å². The van der Waals surface area contributed by atoms with E-state index in [1.807, 2.05) is 0 Å². The van der Waals surface area contributed by atoms with Crippen molar-refractivity contribution in [2.45, 2.75) is 56.9 Å². The molecular weight excluding hydrogens is 242 g/mol. The predicted molar refractivity (Wildman–Crippen MR) is 70.8 cm³/mol. The van der Waals surface area contributed by atoms with Crippen molar-refractivity contribution in [2.24, 2.45) is 11.7 Å². The van der Waals surface area contributed by atoms with E-state index in [2.05, 4.69) is 17.1 Å². The Morgan fingerprint density at radius 3 is 2.68 bits per heavy atom. The van der Waals surface area contributed by atoms with Gasteiger partial charge in [-0.3, -0.25) is 0 Å². The molecule has 2 fully saturated rings. The molecule has 19 heavy (non-hydrogen) atoms. The molecule has 1 aliphatic carbocycles. The Morgan fingerprint density at radius 1 is 1.16 bits per heavy atom. The van der Waals surface area contributed by atoms with Gasteiger partial charge in [-0.1, -0.05) is 24.9 Å². The van der Waals surface area contributed by atoms with E-state index in [1.165, 1.54) is 25.7 Å².